The quantitative estimate of drug-likeness (QED) is 0.335. The average molecular weight is 557 g/mol. The molecular formula is C22H21Cl2F3N8O2. The third kappa shape index (κ3) is 5.66. The summed E-state index contributed by atoms with van der Waals surface area (Å²) in [5, 5.41) is 23.8. The van der Waals surface area contributed by atoms with Crippen LogP contribution >= 0.6 is 23.2 Å². The molecule has 0 radical (unpaired) electrons. The molecule has 0 saturated heterocycles. The lowest BCUT2D eigenvalue weighted by Crippen LogP contribution is -2.39. The molecule has 4 rings (SSSR count). The smallest absolute Gasteiger partial charge is 0.394 e. The number of nitriles is 1. The van der Waals surface area contributed by atoms with Crippen molar-refractivity contribution in [2.75, 3.05) is 17.2 Å². The maximum Gasteiger partial charge on any atom is 0.410 e. The lowest BCUT2D eigenvalue weighted by atomic mass is 9.85. The molecule has 1 aromatic carbocycles. The van der Waals surface area contributed by atoms with E-state index in [0.717, 1.165) is 0 Å². The van der Waals surface area contributed by atoms with Gasteiger partial charge in [-0.1, -0.05) is 23.2 Å². The molecule has 1 amide bonds. The first-order valence-electron chi connectivity index (χ1n) is 11.2. The number of amides is 1. The first-order valence-corrected chi connectivity index (χ1v) is 11.9. The number of rotatable bonds is 7. The van der Waals surface area contributed by atoms with Gasteiger partial charge in [0.1, 0.15) is 11.6 Å². The highest BCUT2D eigenvalue weighted by Gasteiger charge is 2.40. The van der Waals surface area contributed by atoms with Gasteiger partial charge in [-0.05, 0) is 37.8 Å². The highest BCUT2D eigenvalue weighted by atomic mass is 35.5. The number of benzene rings is 1. The number of nitrogens with one attached hydrogen (secondary N) is 2. The van der Waals surface area contributed by atoms with E-state index in [9.17, 15) is 23.1 Å². The van der Waals surface area contributed by atoms with E-state index in [1.54, 1.807) is 4.57 Å². The predicted octanol–water partition coefficient (Wildman–Crippen LogP) is 4.30. The first-order chi connectivity index (χ1) is 17.5. The molecular weight excluding hydrogens is 536 g/mol. The van der Waals surface area contributed by atoms with Crippen molar-refractivity contribution < 1.29 is 23.1 Å². The molecule has 2 heterocycles. The Balaban J connectivity index is 1.78. The number of primary amides is 1. The molecule has 1 unspecified atom stereocenters. The number of hydrogen-bond acceptors (Lipinski definition) is 8. The van der Waals surface area contributed by atoms with Crippen LogP contribution in [0.4, 0.5) is 30.8 Å². The summed E-state index contributed by atoms with van der Waals surface area (Å²) in [4.78, 5) is 24.3. The number of imidazole rings is 1. The fourth-order valence-corrected chi connectivity index (χ4v) is 4.85. The van der Waals surface area contributed by atoms with E-state index in [4.69, 9.17) is 34.2 Å². The van der Waals surface area contributed by atoms with Crippen LogP contribution in [0.3, 0.4) is 0 Å². The van der Waals surface area contributed by atoms with Crippen LogP contribution in [0.25, 0.3) is 11.2 Å². The van der Waals surface area contributed by atoms with Gasteiger partial charge in [0.2, 0.25) is 17.8 Å². The van der Waals surface area contributed by atoms with Gasteiger partial charge >= 0.3 is 6.18 Å². The van der Waals surface area contributed by atoms with Crippen LogP contribution in [-0.4, -0.2) is 49.4 Å². The van der Waals surface area contributed by atoms with Crippen molar-refractivity contribution in [2.45, 2.75) is 43.9 Å². The molecule has 10 nitrogen and oxygen atoms in total. The molecule has 37 heavy (non-hydrogen) atoms. The second-order valence-electron chi connectivity index (χ2n) is 8.59. The lowest BCUT2D eigenvalue weighted by Gasteiger charge is -2.29. The number of carbonyl (C=O) groups is 1. The Labute approximate surface area is 218 Å². The van der Waals surface area contributed by atoms with E-state index in [1.807, 2.05) is 6.07 Å². The van der Waals surface area contributed by atoms with E-state index < -0.39 is 18.8 Å². The summed E-state index contributed by atoms with van der Waals surface area (Å²) in [6.45, 7) is -1.20. The minimum Gasteiger partial charge on any atom is -0.394 e. The fraction of sp³-hybridized carbons (Fsp3) is 0.409. The van der Waals surface area contributed by atoms with Crippen molar-refractivity contribution in [3.05, 3.63) is 33.9 Å². The Kier molecular flexibility index (Phi) is 7.63. The number of alkyl halides is 3. The van der Waals surface area contributed by atoms with E-state index in [0.29, 0.717) is 25.7 Å². The summed E-state index contributed by atoms with van der Waals surface area (Å²) in [6, 6.07) is 2.31. The molecule has 3 aromatic rings. The van der Waals surface area contributed by atoms with Gasteiger partial charge < -0.3 is 21.5 Å². The monoisotopic (exact) mass is 556 g/mol. The van der Waals surface area contributed by atoms with Crippen molar-refractivity contribution in [3.63, 3.8) is 0 Å². The number of halogens is 5. The lowest BCUT2D eigenvalue weighted by molar-refractivity contribution is -0.149. The summed E-state index contributed by atoms with van der Waals surface area (Å²) in [5.41, 5.74) is 6.49. The van der Waals surface area contributed by atoms with Crippen LogP contribution in [0.2, 0.25) is 10.0 Å². The summed E-state index contributed by atoms with van der Waals surface area (Å²) in [6.07, 6.45) is -1.40. The largest absolute Gasteiger partial charge is 0.410 e. The summed E-state index contributed by atoms with van der Waals surface area (Å²) in [5.74, 6) is -0.780. The highest BCUT2D eigenvalue weighted by Crippen LogP contribution is 2.39. The van der Waals surface area contributed by atoms with E-state index >= 15 is 0 Å². The molecule has 1 saturated carbocycles. The second-order valence-corrected chi connectivity index (χ2v) is 9.40. The van der Waals surface area contributed by atoms with Crippen molar-refractivity contribution in [1.29, 1.82) is 5.26 Å². The van der Waals surface area contributed by atoms with Gasteiger partial charge in [0.05, 0.1) is 40.2 Å². The molecule has 15 heteroatoms. The minimum absolute atomic E-state index is 0.157. The van der Waals surface area contributed by atoms with Gasteiger partial charge in [0.25, 0.3) is 0 Å². The molecule has 0 aliphatic heterocycles. The number of nitrogens with two attached hydrogens (primary N) is 1. The number of carbonyl (C=O) groups excluding carboxylic acids is 1. The Morgan fingerprint density at radius 2 is 1.89 bits per heavy atom. The molecule has 1 aliphatic rings. The molecule has 1 fully saturated rings. The Bertz CT molecular complexity index is 1340. The van der Waals surface area contributed by atoms with Crippen molar-refractivity contribution in [3.8, 4) is 6.07 Å². The maximum absolute atomic E-state index is 13.2. The van der Waals surface area contributed by atoms with Gasteiger partial charge in [-0.15, -0.1) is 0 Å². The third-order valence-electron chi connectivity index (χ3n) is 6.19. The minimum atomic E-state index is -4.73. The predicted molar refractivity (Wildman–Crippen MR) is 131 cm³/mol. The zero-order chi connectivity index (χ0) is 26.9. The topological polar surface area (TPSA) is 155 Å². The highest BCUT2D eigenvalue weighted by molar-refractivity contribution is 6.39. The van der Waals surface area contributed by atoms with Crippen LogP contribution in [-0.2, 0) is 4.79 Å². The molecule has 0 bridgehead atoms. The zero-order valence-electron chi connectivity index (χ0n) is 19.1. The third-order valence-corrected chi connectivity index (χ3v) is 6.78. The van der Waals surface area contributed by atoms with Gasteiger partial charge in [0.15, 0.2) is 5.65 Å². The van der Waals surface area contributed by atoms with Crippen molar-refractivity contribution in [1.82, 2.24) is 19.5 Å². The molecule has 2 aromatic heterocycles. The van der Waals surface area contributed by atoms with Crippen LogP contribution in [0, 0.1) is 17.2 Å². The molecule has 1 atom stereocenters. The Morgan fingerprint density at radius 3 is 2.43 bits per heavy atom. The Hall–Kier alpha value is -3.34. The molecule has 196 valence electrons. The first kappa shape index (κ1) is 26.7. The van der Waals surface area contributed by atoms with Gasteiger partial charge in [-0.2, -0.15) is 23.4 Å². The molecule has 0 spiro atoms. The van der Waals surface area contributed by atoms with Crippen molar-refractivity contribution >= 4 is 57.9 Å². The SMILES string of the molecule is N#Cc1cc(Cl)c(Nc2nc3cnc(NC(CO)C(F)(F)F)nc3n2C2CCC(C(N)=O)CC2)c(Cl)c1. The van der Waals surface area contributed by atoms with Crippen LogP contribution < -0.4 is 16.4 Å². The normalized spacial score (nSPS) is 18.8. The van der Waals surface area contributed by atoms with E-state index in [1.165, 1.54) is 18.3 Å². The Morgan fingerprint density at radius 1 is 1.24 bits per heavy atom. The molecule has 1 aliphatic carbocycles. The summed E-state index contributed by atoms with van der Waals surface area (Å²) >= 11 is 12.7. The number of aromatic nitrogens is 4. The summed E-state index contributed by atoms with van der Waals surface area (Å²) < 4.78 is 41.2. The van der Waals surface area contributed by atoms with Gasteiger partial charge in [-0.3, -0.25) is 9.36 Å². The maximum atomic E-state index is 13.2. The number of fused-ring (bicyclic) bond motifs is 1. The standard InChI is InChI=1S/C22H21Cl2F3N8O2/c23-13-5-10(7-28)6-14(24)17(13)33-21-31-15-8-30-20(32-16(9-36)22(25,26)27)34-19(15)35(21)12-3-1-11(2-4-12)18(29)37/h5-6,8,11-12,16,36H,1-4,9H2,(H2,29,37)(H,31,33)(H,30,32,34). The number of aliphatic hydroxyl groups excluding tert-OH is 1. The van der Waals surface area contributed by atoms with Crippen LogP contribution in [0.15, 0.2) is 18.3 Å². The number of anilines is 3. The number of hydrogen-bond donors (Lipinski definition) is 4. The summed E-state index contributed by atoms with van der Waals surface area (Å²) in [7, 11) is 0. The number of aliphatic hydroxyl groups is 1. The van der Waals surface area contributed by atoms with Gasteiger partial charge in [-0.25, -0.2) is 9.97 Å². The zero-order valence-corrected chi connectivity index (χ0v) is 20.6. The molecule has 5 N–H and O–H groups in total. The second kappa shape index (κ2) is 10.6. The van der Waals surface area contributed by atoms with Crippen LogP contribution in [0.5, 0.6) is 0 Å². The number of nitrogens with zero attached hydrogens (tertiary/aromatic N) is 5. The van der Waals surface area contributed by atoms with Crippen molar-refractivity contribution in [2.24, 2.45) is 11.7 Å². The van der Waals surface area contributed by atoms with Gasteiger partial charge in [0, 0.05) is 12.0 Å². The fourth-order valence-electron chi connectivity index (χ4n) is 4.27. The van der Waals surface area contributed by atoms with E-state index in [2.05, 4.69) is 25.6 Å². The average Bonchev–Trinajstić information content (AvgIpc) is 3.21. The van der Waals surface area contributed by atoms with Crippen LogP contribution in [0.1, 0.15) is 37.3 Å². The van der Waals surface area contributed by atoms with E-state index in [-0.39, 0.29) is 62.2 Å².